The van der Waals surface area contributed by atoms with Gasteiger partial charge in [-0.3, -0.25) is 9.59 Å². The molecule has 24 heavy (non-hydrogen) atoms. The van der Waals surface area contributed by atoms with Crippen molar-refractivity contribution in [3.05, 3.63) is 58.1 Å². The number of anilines is 2. The van der Waals surface area contributed by atoms with Crippen molar-refractivity contribution in [2.24, 2.45) is 0 Å². The maximum atomic E-state index is 12.1. The van der Waals surface area contributed by atoms with Crippen LogP contribution < -0.4 is 16.0 Å². The maximum Gasteiger partial charge on any atom is 0.251 e. The van der Waals surface area contributed by atoms with E-state index in [1.54, 1.807) is 37.4 Å². The van der Waals surface area contributed by atoms with Crippen LogP contribution in [0.15, 0.2) is 36.4 Å². The summed E-state index contributed by atoms with van der Waals surface area (Å²) in [5.41, 5.74) is 3.63. The van der Waals surface area contributed by atoms with Crippen LogP contribution in [0.2, 0.25) is 5.02 Å². The van der Waals surface area contributed by atoms with Crippen LogP contribution in [0.5, 0.6) is 0 Å². The Bertz CT molecular complexity index is 775. The normalized spacial score (nSPS) is 10.2. The molecule has 0 aliphatic heterocycles. The van der Waals surface area contributed by atoms with E-state index in [1.807, 2.05) is 19.9 Å². The van der Waals surface area contributed by atoms with Crippen molar-refractivity contribution >= 4 is 34.8 Å². The van der Waals surface area contributed by atoms with E-state index in [-0.39, 0.29) is 18.4 Å². The first-order valence-corrected chi connectivity index (χ1v) is 7.92. The minimum atomic E-state index is -0.190. The van der Waals surface area contributed by atoms with Crippen molar-refractivity contribution in [1.82, 2.24) is 5.32 Å². The molecule has 0 unspecified atom stereocenters. The summed E-state index contributed by atoms with van der Waals surface area (Å²) in [5.74, 6) is -0.347. The van der Waals surface area contributed by atoms with E-state index in [0.29, 0.717) is 16.3 Å². The van der Waals surface area contributed by atoms with Crippen molar-refractivity contribution in [2.45, 2.75) is 13.8 Å². The number of halogens is 1. The predicted octanol–water partition coefficient (Wildman–Crippen LogP) is 3.37. The second-order valence-corrected chi connectivity index (χ2v) is 5.78. The summed E-state index contributed by atoms with van der Waals surface area (Å²) in [6.07, 6.45) is 0. The highest BCUT2D eigenvalue weighted by atomic mass is 35.5. The largest absolute Gasteiger partial charge is 0.376 e. The van der Waals surface area contributed by atoms with Crippen molar-refractivity contribution < 1.29 is 9.59 Å². The molecule has 2 aromatic rings. The molecule has 3 N–H and O–H groups in total. The van der Waals surface area contributed by atoms with E-state index in [2.05, 4.69) is 16.0 Å². The fourth-order valence-electron chi connectivity index (χ4n) is 2.32. The zero-order valence-corrected chi connectivity index (χ0v) is 14.6. The van der Waals surface area contributed by atoms with Crippen LogP contribution in [0.4, 0.5) is 11.4 Å². The number of hydrogen-bond acceptors (Lipinski definition) is 3. The fraction of sp³-hybridized carbons (Fsp3) is 0.222. The number of benzene rings is 2. The third-order valence-electron chi connectivity index (χ3n) is 3.79. The molecule has 0 fully saturated rings. The molecule has 2 aromatic carbocycles. The number of nitrogens with one attached hydrogen (secondary N) is 3. The molecule has 0 aliphatic carbocycles. The first-order valence-electron chi connectivity index (χ1n) is 7.54. The second kappa shape index (κ2) is 7.84. The van der Waals surface area contributed by atoms with Crippen LogP contribution in [0.3, 0.4) is 0 Å². The summed E-state index contributed by atoms with van der Waals surface area (Å²) in [7, 11) is 1.59. The molecule has 0 saturated carbocycles. The summed E-state index contributed by atoms with van der Waals surface area (Å²) in [4.78, 5) is 23.9. The number of carbonyl (C=O) groups excluding carboxylic acids is 2. The van der Waals surface area contributed by atoms with Gasteiger partial charge in [0.2, 0.25) is 5.91 Å². The SMILES string of the molecule is CNC(=O)c1cccc(NCC(=O)Nc2cccc(Cl)c2C)c1C. The second-order valence-electron chi connectivity index (χ2n) is 5.37. The van der Waals surface area contributed by atoms with Gasteiger partial charge in [-0.25, -0.2) is 0 Å². The lowest BCUT2D eigenvalue weighted by Gasteiger charge is -2.13. The van der Waals surface area contributed by atoms with Gasteiger partial charge < -0.3 is 16.0 Å². The monoisotopic (exact) mass is 345 g/mol. The molecule has 2 rings (SSSR count). The predicted molar refractivity (Wildman–Crippen MR) is 97.9 cm³/mol. The third-order valence-corrected chi connectivity index (χ3v) is 4.20. The quantitative estimate of drug-likeness (QED) is 0.778. The molecule has 126 valence electrons. The Labute approximate surface area is 146 Å². The van der Waals surface area contributed by atoms with E-state index in [9.17, 15) is 9.59 Å². The summed E-state index contributed by atoms with van der Waals surface area (Å²) in [6.45, 7) is 3.78. The summed E-state index contributed by atoms with van der Waals surface area (Å²) in [6, 6.07) is 10.7. The van der Waals surface area contributed by atoms with E-state index >= 15 is 0 Å². The molecule has 6 heteroatoms. The van der Waals surface area contributed by atoms with Gasteiger partial charge in [0, 0.05) is 29.0 Å². The average molecular weight is 346 g/mol. The minimum Gasteiger partial charge on any atom is -0.376 e. The maximum absolute atomic E-state index is 12.1. The highest BCUT2D eigenvalue weighted by Crippen LogP contribution is 2.23. The van der Waals surface area contributed by atoms with Crippen LogP contribution in [-0.4, -0.2) is 25.4 Å². The van der Waals surface area contributed by atoms with Gasteiger partial charge in [0.05, 0.1) is 6.54 Å². The zero-order chi connectivity index (χ0) is 17.7. The summed E-state index contributed by atoms with van der Waals surface area (Å²) in [5, 5.41) is 9.09. The van der Waals surface area contributed by atoms with E-state index in [0.717, 1.165) is 16.8 Å². The Hall–Kier alpha value is -2.53. The molecular weight excluding hydrogens is 326 g/mol. The molecule has 0 bridgehead atoms. The van der Waals surface area contributed by atoms with Crippen molar-refractivity contribution in [3.63, 3.8) is 0 Å². The van der Waals surface area contributed by atoms with E-state index in [1.165, 1.54) is 0 Å². The Morgan fingerprint density at radius 1 is 1.00 bits per heavy atom. The van der Waals surface area contributed by atoms with Crippen molar-refractivity contribution in [3.8, 4) is 0 Å². The van der Waals surface area contributed by atoms with Gasteiger partial charge in [-0.15, -0.1) is 0 Å². The third kappa shape index (κ3) is 4.06. The number of hydrogen-bond donors (Lipinski definition) is 3. The topological polar surface area (TPSA) is 70.2 Å². The Morgan fingerprint density at radius 3 is 2.38 bits per heavy atom. The first kappa shape index (κ1) is 17.8. The molecule has 0 heterocycles. The Kier molecular flexibility index (Phi) is 5.82. The molecule has 2 amide bonds. The van der Waals surface area contributed by atoms with Gasteiger partial charge in [-0.2, -0.15) is 0 Å². The highest BCUT2D eigenvalue weighted by molar-refractivity contribution is 6.31. The lowest BCUT2D eigenvalue weighted by atomic mass is 10.1. The fourth-order valence-corrected chi connectivity index (χ4v) is 2.50. The smallest absolute Gasteiger partial charge is 0.251 e. The number of amides is 2. The van der Waals surface area contributed by atoms with Gasteiger partial charge in [0.15, 0.2) is 0 Å². The minimum absolute atomic E-state index is 0.0873. The van der Waals surface area contributed by atoms with E-state index < -0.39 is 0 Å². The van der Waals surface area contributed by atoms with Crippen LogP contribution in [0.1, 0.15) is 21.5 Å². The van der Waals surface area contributed by atoms with Gasteiger partial charge in [-0.05, 0) is 49.2 Å². The average Bonchev–Trinajstić information content (AvgIpc) is 2.57. The van der Waals surface area contributed by atoms with Crippen LogP contribution in [0, 0.1) is 13.8 Å². The van der Waals surface area contributed by atoms with Crippen molar-refractivity contribution in [1.29, 1.82) is 0 Å². The molecule has 5 nitrogen and oxygen atoms in total. The van der Waals surface area contributed by atoms with Gasteiger partial charge in [0.1, 0.15) is 0 Å². The molecule has 0 spiro atoms. The number of carbonyl (C=O) groups is 2. The molecule has 0 atom stereocenters. The summed E-state index contributed by atoms with van der Waals surface area (Å²) >= 11 is 6.05. The van der Waals surface area contributed by atoms with E-state index in [4.69, 9.17) is 11.6 Å². The molecule has 0 saturated heterocycles. The van der Waals surface area contributed by atoms with Crippen LogP contribution in [-0.2, 0) is 4.79 Å². The Morgan fingerprint density at radius 2 is 1.67 bits per heavy atom. The van der Waals surface area contributed by atoms with Gasteiger partial charge >= 0.3 is 0 Å². The number of rotatable bonds is 5. The molecular formula is C18H20ClN3O2. The molecule has 0 radical (unpaired) electrons. The van der Waals surface area contributed by atoms with Gasteiger partial charge in [0.25, 0.3) is 5.91 Å². The Balaban J connectivity index is 2.04. The van der Waals surface area contributed by atoms with Crippen molar-refractivity contribution in [2.75, 3.05) is 24.2 Å². The first-order chi connectivity index (χ1) is 11.4. The molecule has 0 aromatic heterocycles. The lowest BCUT2D eigenvalue weighted by Crippen LogP contribution is -2.23. The standard InChI is InChI=1S/C18H20ClN3O2/c1-11-13(18(24)20-3)6-4-8-15(11)21-10-17(23)22-16-9-5-7-14(19)12(16)2/h4-9,21H,10H2,1-3H3,(H,20,24)(H,22,23). The van der Waals surface area contributed by atoms with Crippen LogP contribution >= 0.6 is 11.6 Å². The van der Waals surface area contributed by atoms with Crippen LogP contribution in [0.25, 0.3) is 0 Å². The highest BCUT2D eigenvalue weighted by Gasteiger charge is 2.11. The summed E-state index contributed by atoms with van der Waals surface area (Å²) < 4.78 is 0. The van der Waals surface area contributed by atoms with Gasteiger partial charge in [-0.1, -0.05) is 23.7 Å². The lowest BCUT2D eigenvalue weighted by molar-refractivity contribution is -0.114. The zero-order valence-electron chi connectivity index (χ0n) is 13.9. The molecule has 0 aliphatic rings.